The van der Waals surface area contributed by atoms with Crippen LogP contribution in [0.3, 0.4) is 0 Å². The van der Waals surface area contributed by atoms with Crippen molar-refractivity contribution in [2.75, 3.05) is 18.5 Å². The first kappa shape index (κ1) is 14.8. The summed E-state index contributed by atoms with van der Waals surface area (Å²) in [6.07, 6.45) is -6.32. The highest BCUT2D eigenvalue weighted by Crippen LogP contribution is 2.29. The molecule has 2 nitrogen and oxygen atoms in total. The van der Waals surface area contributed by atoms with E-state index in [1.807, 2.05) is 0 Å². The molecule has 0 saturated carbocycles. The summed E-state index contributed by atoms with van der Waals surface area (Å²) in [6, 6.07) is 4.06. The first-order valence-corrected chi connectivity index (χ1v) is 5.46. The van der Waals surface area contributed by atoms with Gasteiger partial charge in [-0.25, -0.2) is 4.39 Å². The van der Waals surface area contributed by atoms with Crippen molar-refractivity contribution in [1.82, 2.24) is 0 Å². The van der Waals surface area contributed by atoms with Crippen LogP contribution in [0.5, 0.6) is 0 Å². The Balaban J connectivity index is 2.92. The Morgan fingerprint density at radius 1 is 1.33 bits per heavy atom. The molecule has 102 valence electrons. The van der Waals surface area contributed by atoms with Crippen LogP contribution >= 0.6 is 0 Å². The van der Waals surface area contributed by atoms with Gasteiger partial charge in [-0.3, -0.25) is 0 Å². The summed E-state index contributed by atoms with van der Waals surface area (Å²) in [7, 11) is 1.44. The molecule has 0 radical (unpaired) electrons. The molecule has 1 N–H and O–H groups in total. The van der Waals surface area contributed by atoms with Crippen molar-refractivity contribution in [2.24, 2.45) is 0 Å². The van der Waals surface area contributed by atoms with Crippen molar-refractivity contribution < 1.29 is 22.7 Å². The third-order valence-electron chi connectivity index (χ3n) is 2.59. The van der Waals surface area contributed by atoms with E-state index in [1.54, 1.807) is 0 Å². The van der Waals surface area contributed by atoms with Gasteiger partial charge in [0.15, 0.2) is 0 Å². The maximum absolute atomic E-state index is 13.5. The molecule has 18 heavy (non-hydrogen) atoms. The predicted octanol–water partition coefficient (Wildman–Crippen LogP) is 3.27. The number of nitrogens with zero attached hydrogens (tertiary/aromatic N) is 1. The Morgan fingerprint density at radius 2 is 1.94 bits per heavy atom. The van der Waals surface area contributed by atoms with Gasteiger partial charge in [0.25, 0.3) is 0 Å². The van der Waals surface area contributed by atoms with E-state index in [4.69, 9.17) is 0 Å². The van der Waals surface area contributed by atoms with Crippen molar-refractivity contribution in [1.29, 1.82) is 0 Å². The van der Waals surface area contributed by atoms with E-state index in [0.717, 1.165) is 0 Å². The fraction of sp³-hybridized carbons (Fsp3) is 0.500. The van der Waals surface area contributed by atoms with Gasteiger partial charge in [0.05, 0.1) is 12.5 Å². The number of rotatable bonds is 4. The van der Waals surface area contributed by atoms with E-state index in [0.29, 0.717) is 0 Å². The van der Waals surface area contributed by atoms with Crippen molar-refractivity contribution in [3.05, 3.63) is 29.6 Å². The summed E-state index contributed by atoms with van der Waals surface area (Å²) in [5, 5.41) is 9.47. The lowest BCUT2D eigenvalue weighted by molar-refractivity contribution is -0.132. The molecule has 0 saturated heterocycles. The first-order chi connectivity index (χ1) is 8.22. The first-order valence-electron chi connectivity index (χ1n) is 5.46. The number of anilines is 1. The van der Waals surface area contributed by atoms with Gasteiger partial charge in [-0.15, -0.1) is 0 Å². The van der Waals surface area contributed by atoms with Crippen molar-refractivity contribution >= 4 is 5.69 Å². The van der Waals surface area contributed by atoms with Gasteiger partial charge in [-0.05, 0) is 19.1 Å². The number of hydrogen-bond acceptors (Lipinski definition) is 2. The molecular formula is C12H15F4NO. The molecule has 0 unspecified atom stereocenters. The highest BCUT2D eigenvalue weighted by molar-refractivity contribution is 5.54. The highest BCUT2D eigenvalue weighted by atomic mass is 19.4. The van der Waals surface area contributed by atoms with Crippen LogP contribution in [-0.4, -0.2) is 24.9 Å². The largest absolute Gasteiger partial charge is 0.390 e. The van der Waals surface area contributed by atoms with Crippen LogP contribution in [-0.2, 0) is 0 Å². The SMILES string of the molecule is C[C@@H](O)c1c(F)cccc1N(C)CCC(F)(F)F. The quantitative estimate of drug-likeness (QED) is 0.845. The lowest BCUT2D eigenvalue weighted by Gasteiger charge is -2.24. The molecule has 1 aromatic carbocycles. The zero-order valence-electron chi connectivity index (χ0n) is 10.1. The van der Waals surface area contributed by atoms with E-state index in [1.165, 1.54) is 37.1 Å². The number of aliphatic hydroxyl groups is 1. The Kier molecular flexibility index (Phi) is 4.56. The van der Waals surface area contributed by atoms with Crippen LogP contribution in [0.25, 0.3) is 0 Å². The van der Waals surface area contributed by atoms with Gasteiger partial charge in [-0.2, -0.15) is 13.2 Å². The summed E-state index contributed by atoms with van der Waals surface area (Å²) in [4.78, 5) is 1.29. The monoisotopic (exact) mass is 265 g/mol. The fourth-order valence-corrected chi connectivity index (χ4v) is 1.69. The summed E-state index contributed by atoms with van der Waals surface area (Å²) < 4.78 is 49.9. The average molecular weight is 265 g/mol. The molecule has 0 bridgehead atoms. The minimum absolute atomic E-state index is 0.0159. The normalized spacial score (nSPS) is 13.5. The van der Waals surface area contributed by atoms with E-state index in [2.05, 4.69) is 0 Å². The number of alkyl halides is 3. The molecule has 0 aliphatic rings. The van der Waals surface area contributed by atoms with Crippen LogP contribution in [0, 0.1) is 5.82 Å². The lowest BCUT2D eigenvalue weighted by atomic mass is 10.1. The van der Waals surface area contributed by atoms with Gasteiger partial charge < -0.3 is 10.0 Å². The zero-order chi connectivity index (χ0) is 13.9. The minimum atomic E-state index is -4.26. The van der Waals surface area contributed by atoms with Crippen LogP contribution < -0.4 is 4.90 Å². The highest BCUT2D eigenvalue weighted by Gasteiger charge is 2.28. The summed E-state index contributed by atoms with van der Waals surface area (Å²) in [5.74, 6) is -0.624. The molecule has 1 aromatic rings. The van der Waals surface area contributed by atoms with Crippen LogP contribution in [0.15, 0.2) is 18.2 Å². The molecule has 0 aliphatic heterocycles. The Hall–Kier alpha value is -1.30. The lowest BCUT2D eigenvalue weighted by Crippen LogP contribution is -2.25. The Morgan fingerprint density at radius 3 is 2.44 bits per heavy atom. The summed E-state index contributed by atoms with van der Waals surface area (Å²) >= 11 is 0. The maximum Gasteiger partial charge on any atom is 0.390 e. The van der Waals surface area contributed by atoms with E-state index < -0.39 is 24.5 Å². The van der Waals surface area contributed by atoms with E-state index >= 15 is 0 Å². The van der Waals surface area contributed by atoms with Crippen molar-refractivity contribution in [3.63, 3.8) is 0 Å². The molecule has 0 spiro atoms. The predicted molar refractivity (Wildman–Crippen MR) is 61.0 cm³/mol. The van der Waals surface area contributed by atoms with E-state index in [-0.39, 0.29) is 17.8 Å². The molecule has 1 atom stereocenters. The molecule has 0 fully saturated rings. The van der Waals surface area contributed by atoms with Crippen LogP contribution in [0.1, 0.15) is 25.0 Å². The molecule has 0 amide bonds. The molecule has 0 aliphatic carbocycles. The molecular weight excluding hydrogens is 250 g/mol. The third kappa shape index (κ3) is 3.87. The summed E-state index contributed by atoms with van der Waals surface area (Å²) in [6.45, 7) is 1.09. The number of aliphatic hydroxyl groups excluding tert-OH is 1. The standard InChI is InChI=1S/C12H15F4NO/c1-8(18)11-9(13)4-3-5-10(11)17(2)7-6-12(14,15)16/h3-5,8,18H,6-7H2,1-2H3/t8-/m1/s1. The van der Waals surface area contributed by atoms with E-state index in [9.17, 15) is 22.7 Å². The van der Waals surface area contributed by atoms with Crippen molar-refractivity contribution in [2.45, 2.75) is 25.6 Å². The van der Waals surface area contributed by atoms with Crippen LogP contribution in [0.2, 0.25) is 0 Å². The molecule has 0 heterocycles. The van der Waals surface area contributed by atoms with Gasteiger partial charge >= 0.3 is 6.18 Å². The zero-order valence-corrected chi connectivity index (χ0v) is 10.1. The number of benzene rings is 1. The molecule has 6 heteroatoms. The minimum Gasteiger partial charge on any atom is -0.389 e. The van der Waals surface area contributed by atoms with Gasteiger partial charge in [0.2, 0.25) is 0 Å². The van der Waals surface area contributed by atoms with Crippen molar-refractivity contribution in [3.8, 4) is 0 Å². The Bertz CT molecular complexity index is 404. The number of halogens is 4. The second-order valence-electron chi connectivity index (χ2n) is 4.14. The molecule has 0 aromatic heterocycles. The summed E-state index contributed by atoms with van der Waals surface area (Å²) in [5.41, 5.74) is 0.288. The fourth-order valence-electron chi connectivity index (χ4n) is 1.69. The second-order valence-corrected chi connectivity index (χ2v) is 4.14. The maximum atomic E-state index is 13.5. The van der Waals surface area contributed by atoms with Gasteiger partial charge in [0, 0.05) is 24.8 Å². The topological polar surface area (TPSA) is 23.5 Å². The van der Waals surface area contributed by atoms with Crippen LogP contribution in [0.4, 0.5) is 23.2 Å². The average Bonchev–Trinajstić information content (AvgIpc) is 2.24. The number of hydrogen-bond donors (Lipinski definition) is 1. The van der Waals surface area contributed by atoms with Gasteiger partial charge in [0.1, 0.15) is 5.82 Å². The Labute approximate surface area is 103 Å². The van der Waals surface area contributed by atoms with Gasteiger partial charge in [-0.1, -0.05) is 6.07 Å². The third-order valence-corrected chi connectivity index (χ3v) is 2.59. The second kappa shape index (κ2) is 5.56. The molecule has 1 rings (SSSR count). The smallest absolute Gasteiger partial charge is 0.389 e.